The third kappa shape index (κ3) is 38.7. The molecule has 3 aliphatic rings. The van der Waals surface area contributed by atoms with E-state index in [9.17, 15) is 79.3 Å². The van der Waals surface area contributed by atoms with Gasteiger partial charge in [0, 0.05) is 111 Å². The van der Waals surface area contributed by atoms with Crippen molar-refractivity contribution >= 4 is 129 Å². The van der Waals surface area contributed by atoms with Crippen LogP contribution in [0.5, 0.6) is 5.75 Å². The number of aliphatic carboxylic acids is 3. The number of carbonyl (C=O) groups excluding carboxylic acids is 8. The molecule has 37 nitrogen and oxygen atoms in total. The summed E-state index contributed by atoms with van der Waals surface area (Å²) in [5, 5.41) is 41.7. The van der Waals surface area contributed by atoms with Crippen molar-refractivity contribution in [3.63, 3.8) is 0 Å². The van der Waals surface area contributed by atoms with Crippen molar-refractivity contribution in [3.05, 3.63) is 172 Å². The lowest BCUT2D eigenvalue weighted by Crippen LogP contribution is -2.48. The Morgan fingerprint density at radius 1 is 0.603 bits per heavy atom. The molecular weight excluding hydrogens is 1690 g/mol. The van der Waals surface area contributed by atoms with E-state index < -0.39 is 153 Å². The lowest BCUT2D eigenvalue weighted by atomic mass is 9.81. The Morgan fingerprint density at radius 2 is 1.17 bits per heavy atom. The van der Waals surface area contributed by atoms with Gasteiger partial charge in [-0.15, -0.1) is 37.9 Å². The van der Waals surface area contributed by atoms with Crippen LogP contribution in [0, 0.1) is 5.92 Å². The SMILES string of the molecule is CCNC(=O)C[C@H](CC(=O)[C@H](Cc1ccccc1)NC(=O)CCCCC(=O)CC[C@H](NC(=O)NCCCC(=O)O)C(=O)O)C(=O)N[C@H](Cc1ccc(OC2=C(C=CC3=[N+](CCCCS(=O)(=O)O)c4ccccc4C3(C)C)CCCC2=CC=C2N(CCCCS(=O)(=O)[O-])c3ccccc3C2(C)C)cc1)C(=O)O.O=C=O.O=S(=O)=O.O=S(=O)=O.O=S(=O)=O. The summed E-state index contributed by atoms with van der Waals surface area (Å²) in [7, 11) is -17.9. The van der Waals surface area contributed by atoms with E-state index in [1.807, 2.05) is 48.6 Å². The van der Waals surface area contributed by atoms with Gasteiger partial charge in [0.1, 0.15) is 35.9 Å². The van der Waals surface area contributed by atoms with Gasteiger partial charge in [-0.3, -0.25) is 33.3 Å². The summed E-state index contributed by atoms with van der Waals surface area (Å²) in [5.41, 5.74) is 7.86. The Balaban J connectivity index is 0.00000232. The van der Waals surface area contributed by atoms with Crippen LogP contribution in [-0.4, -0.2) is 205 Å². The van der Waals surface area contributed by atoms with Crippen molar-refractivity contribution in [1.29, 1.82) is 0 Å². The molecule has 0 saturated heterocycles. The normalized spacial score (nSPS) is 15.1. The summed E-state index contributed by atoms with van der Waals surface area (Å²) < 4.78 is 153. The second-order valence-corrected chi connectivity index (χ2v) is 33.0. The van der Waals surface area contributed by atoms with Crippen LogP contribution in [0.2, 0.25) is 0 Å². The number of para-hydroxylation sites is 2. The number of unbranched alkanes of at least 4 members (excludes halogenated alkanes) is 3. The molecule has 0 bridgehead atoms. The number of nitrogens with zero attached hydrogens (tertiary/aromatic N) is 2. The zero-order chi connectivity index (χ0) is 90.8. The highest BCUT2D eigenvalue weighted by atomic mass is 32.2. The lowest BCUT2D eigenvalue weighted by molar-refractivity contribution is -0.438. The van der Waals surface area contributed by atoms with Gasteiger partial charge in [-0.05, 0) is 150 Å². The maximum absolute atomic E-state index is 14.5. The van der Waals surface area contributed by atoms with Crippen LogP contribution in [0.1, 0.15) is 166 Å². The second kappa shape index (κ2) is 51.9. The molecule has 42 heteroatoms. The smallest absolute Gasteiger partial charge is 0.425 e. The largest absolute Gasteiger partial charge is 0.748 e. The van der Waals surface area contributed by atoms with Crippen LogP contribution in [-0.2, 0) is 124 Å². The molecule has 4 atom stereocenters. The van der Waals surface area contributed by atoms with E-state index in [-0.39, 0.29) is 108 Å². The van der Waals surface area contributed by atoms with Gasteiger partial charge in [-0.2, -0.15) is 22.6 Å². The molecule has 2 aliphatic heterocycles. The molecule has 121 heavy (non-hydrogen) atoms. The van der Waals surface area contributed by atoms with Crippen LogP contribution in [0.3, 0.4) is 0 Å². The zero-order valence-electron chi connectivity index (χ0n) is 67.0. The fraction of sp³-hybridized carbons (Fsp3) is 0.456. The summed E-state index contributed by atoms with van der Waals surface area (Å²) in [5.74, 6) is -8.07. The number of amides is 5. The Hall–Kier alpha value is -11.4. The van der Waals surface area contributed by atoms with E-state index in [1.165, 1.54) is 0 Å². The van der Waals surface area contributed by atoms with E-state index in [0.717, 1.165) is 51.5 Å². The Bertz CT molecular complexity index is 5040. The first-order valence-electron chi connectivity index (χ1n) is 37.9. The van der Waals surface area contributed by atoms with Crippen molar-refractivity contribution < 1.29 is 141 Å². The Morgan fingerprint density at radius 3 is 1.77 bits per heavy atom. The van der Waals surface area contributed by atoms with E-state index in [0.29, 0.717) is 61.4 Å². The first kappa shape index (κ1) is 104. The van der Waals surface area contributed by atoms with E-state index in [2.05, 4.69) is 88.0 Å². The van der Waals surface area contributed by atoms with Gasteiger partial charge >= 0.3 is 61.9 Å². The minimum Gasteiger partial charge on any atom is -0.748 e. The fourth-order valence-electron chi connectivity index (χ4n) is 13.6. The molecule has 0 saturated carbocycles. The first-order chi connectivity index (χ1) is 56.8. The van der Waals surface area contributed by atoms with Gasteiger partial charge in [0.15, 0.2) is 11.5 Å². The predicted octanol–water partition coefficient (Wildman–Crippen LogP) is 5.61. The minimum atomic E-state index is -4.41. The van der Waals surface area contributed by atoms with Crippen LogP contribution >= 0.6 is 0 Å². The quantitative estimate of drug-likeness (QED) is 0.0148. The van der Waals surface area contributed by atoms with Gasteiger partial charge in [-0.25, -0.2) is 22.8 Å². The van der Waals surface area contributed by atoms with Crippen molar-refractivity contribution in [2.24, 2.45) is 5.92 Å². The summed E-state index contributed by atoms with van der Waals surface area (Å²) in [6.45, 7) is 11.3. The van der Waals surface area contributed by atoms with Crippen molar-refractivity contribution in [2.75, 3.05) is 42.6 Å². The topological polar surface area (TPSA) is 589 Å². The summed E-state index contributed by atoms with van der Waals surface area (Å²) in [6.07, 6.45) is 10.2. The molecule has 1 aliphatic carbocycles. The number of nitrogens with one attached hydrogen (secondary N) is 5. The Labute approximate surface area is 704 Å². The van der Waals surface area contributed by atoms with Gasteiger partial charge in [0.25, 0.3) is 10.1 Å². The highest BCUT2D eigenvalue weighted by molar-refractivity contribution is 7.86. The summed E-state index contributed by atoms with van der Waals surface area (Å²) in [6, 6.07) is 26.5. The maximum Gasteiger partial charge on any atom is 0.425 e. The van der Waals surface area contributed by atoms with Gasteiger partial charge in [0.2, 0.25) is 23.4 Å². The highest BCUT2D eigenvalue weighted by Gasteiger charge is 2.45. The number of hydrogen-bond donors (Lipinski definition) is 9. The molecule has 2 heterocycles. The number of anilines is 1. The molecule has 5 amide bonds. The summed E-state index contributed by atoms with van der Waals surface area (Å²) in [4.78, 5) is 135. The van der Waals surface area contributed by atoms with Crippen molar-refractivity contribution in [3.8, 4) is 5.75 Å². The molecule has 9 N–H and O–H groups in total. The van der Waals surface area contributed by atoms with Crippen molar-refractivity contribution in [2.45, 2.75) is 186 Å². The fourth-order valence-corrected chi connectivity index (χ4v) is 14.7. The number of hydrogen-bond acceptors (Lipinski definition) is 27. The molecule has 4 aromatic carbocycles. The van der Waals surface area contributed by atoms with Crippen LogP contribution in [0.25, 0.3) is 0 Å². The third-order valence-electron chi connectivity index (χ3n) is 19.1. The number of benzene rings is 4. The molecule has 0 spiro atoms. The van der Waals surface area contributed by atoms with E-state index in [1.54, 1.807) is 61.5 Å². The number of carboxylic acid groups (broad SMARTS) is 3. The standard InChI is InChI=1S/C78H99N7O19S2.CO2.3O3S/c1-6-79-70(89)51-56(50-66(87)62(48-52-22-8-7-9-23-52)81-69(88)31-15-10-26-57(86)37-40-61(74(93)94)83-76(97)80-43-21-32-71(90)91)73(92)82-63(75(95)96)49-53-33-38-58(39-34-53)104-72-54(35-41-67-77(2,3)59-27-11-13-29-64(59)84(67)44-16-18-46-105(98,99)100)24-20-25-55(72)36-42-68-78(4,5)60-28-12-14-30-65(60)85(68)45-17-19-47-106(101,102)103;2-1-3;3*1-4(2)3/h7-9,11-14,22-23,27-30,33-36,38-39,41-42,56,61-63H,6,10,15-21,24-26,31-32,37,40,43-51H2,1-5H3,(H9-,79,80,81,82,83,88,89,90,91,92,93,94,95,96,97,98,99,100,101,102,103);;;;/t56-,61-,62-,63+;;;;/m0..../s1. The molecule has 0 fully saturated rings. The van der Waals surface area contributed by atoms with E-state index >= 15 is 0 Å². The van der Waals surface area contributed by atoms with Crippen molar-refractivity contribution in [1.82, 2.24) is 26.6 Å². The number of carbonyl (C=O) groups is 9. The van der Waals surface area contributed by atoms with Gasteiger partial charge in [-0.1, -0.05) is 98.8 Å². The monoisotopic (exact) mass is 1790 g/mol. The van der Waals surface area contributed by atoms with Gasteiger partial charge in [0.05, 0.1) is 33.2 Å². The van der Waals surface area contributed by atoms with Gasteiger partial charge < -0.3 is 56.1 Å². The molecule has 0 unspecified atom stereocenters. The third-order valence-corrected chi connectivity index (χ3v) is 20.7. The summed E-state index contributed by atoms with van der Waals surface area (Å²) >= 11 is 0. The average molecular weight is 1790 g/mol. The van der Waals surface area contributed by atoms with Crippen LogP contribution in [0.15, 0.2) is 150 Å². The van der Waals surface area contributed by atoms with Crippen LogP contribution < -0.4 is 36.2 Å². The molecule has 0 aromatic heterocycles. The molecule has 7 rings (SSSR count). The molecule has 4 aromatic rings. The number of rotatable bonds is 43. The molecule has 0 radical (unpaired) electrons. The number of urea groups is 1. The zero-order valence-corrected chi connectivity index (χ0v) is 71.0. The van der Waals surface area contributed by atoms with Crippen LogP contribution in [0.4, 0.5) is 16.2 Å². The number of Topliss-reactive ketones (excluding diaryl/α,β-unsaturated/α-hetero) is 2. The number of allylic oxidation sites excluding steroid dienone is 7. The first-order valence-corrected chi connectivity index (χ1v) is 44.1. The highest BCUT2D eigenvalue weighted by Crippen LogP contribution is 2.48. The Kier molecular flexibility index (Phi) is 44.5. The number of fused-ring (bicyclic) bond motifs is 2. The average Bonchev–Trinajstić information content (AvgIpc) is 1.60. The lowest BCUT2D eigenvalue weighted by Gasteiger charge is -2.28. The molecular formula is C79H99N7O30S5. The number of ketones is 2. The van der Waals surface area contributed by atoms with E-state index in [4.69, 9.17) is 57.3 Å². The number of ether oxygens (including phenoxy) is 1. The predicted molar refractivity (Wildman–Crippen MR) is 432 cm³/mol. The number of carboxylic acids is 3. The minimum absolute atomic E-state index is 0.00472. The molecule has 660 valence electrons. The maximum atomic E-state index is 14.5. The second-order valence-electron chi connectivity index (χ2n) is 28.7.